The molecule has 1 rings (SSSR count). The molecule has 80 valence electrons. The van der Waals surface area contributed by atoms with E-state index in [-0.39, 0.29) is 0 Å². The number of hydrogen-bond acceptors (Lipinski definition) is 2. The van der Waals surface area contributed by atoms with Gasteiger partial charge >= 0.3 is 5.97 Å². The summed E-state index contributed by atoms with van der Waals surface area (Å²) in [4.78, 5) is 10.7. The summed E-state index contributed by atoms with van der Waals surface area (Å²) in [6.45, 7) is 0. The molecule has 1 atom stereocenters. The SMILES string of the molecule is COC(=O)/C=C/C([18F])c1ccc(Br)cc1. The Morgan fingerprint density at radius 2 is 2.07 bits per heavy atom. The van der Waals surface area contributed by atoms with Gasteiger partial charge in [0.2, 0.25) is 0 Å². The highest BCUT2D eigenvalue weighted by Crippen LogP contribution is 2.20. The average Bonchev–Trinajstić information content (AvgIpc) is 2.26. The van der Waals surface area contributed by atoms with Crippen molar-refractivity contribution in [2.45, 2.75) is 6.17 Å². The fraction of sp³-hybridized carbons (Fsp3) is 0.182. The van der Waals surface area contributed by atoms with Gasteiger partial charge in [-0.2, -0.15) is 0 Å². The third-order valence-electron chi connectivity index (χ3n) is 1.79. The summed E-state index contributed by atoms with van der Waals surface area (Å²) in [5.41, 5.74) is 0.498. The van der Waals surface area contributed by atoms with Crippen molar-refractivity contribution >= 4 is 21.9 Å². The molecule has 0 saturated carbocycles. The number of carbonyl (C=O) groups excluding carboxylic acids is 1. The molecule has 1 unspecified atom stereocenters. The van der Waals surface area contributed by atoms with Crippen molar-refractivity contribution in [2.75, 3.05) is 7.11 Å². The largest absolute Gasteiger partial charge is 0.466 e. The summed E-state index contributed by atoms with van der Waals surface area (Å²) in [5, 5.41) is 0. The van der Waals surface area contributed by atoms with Crippen molar-refractivity contribution in [3.05, 3.63) is 46.5 Å². The third kappa shape index (κ3) is 3.83. The molecule has 0 aliphatic carbocycles. The monoisotopic (exact) mass is 271 g/mol. The van der Waals surface area contributed by atoms with E-state index in [9.17, 15) is 9.18 Å². The van der Waals surface area contributed by atoms with E-state index in [1.54, 1.807) is 24.3 Å². The van der Waals surface area contributed by atoms with Gasteiger partial charge < -0.3 is 4.74 Å². The Bertz CT molecular complexity index is 359. The molecule has 0 N–H and O–H groups in total. The predicted molar refractivity (Wildman–Crippen MR) is 59.1 cm³/mol. The van der Waals surface area contributed by atoms with Gasteiger partial charge in [0.15, 0.2) is 0 Å². The van der Waals surface area contributed by atoms with Gasteiger partial charge in [-0.05, 0) is 23.8 Å². The summed E-state index contributed by atoms with van der Waals surface area (Å²) in [5.74, 6) is -0.560. The number of carbonyl (C=O) groups is 1. The van der Waals surface area contributed by atoms with Gasteiger partial charge in [0, 0.05) is 10.5 Å². The number of benzene rings is 1. The van der Waals surface area contributed by atoms with Crippen LogP contribution in [-0.2, 0) is 9.53 Å². The van der Waals surface area contributed by atoms with E-state index in [0.29, 0.717) is 5.56 Å². The minimum absolute atomic E-state index is 0.498. The van der Waals surface area contributed by atoms with Crippen LogP contribution < -0.4 is 0 Å². The van der Waals surface area contributed by atoms with Gasteiger partial charge in [-0.15, -0.1) is 0 Å². The molecule has 1 aromatic rings. The number of alkyl halides is 1. The standard InChI is InChI=1S/C11H10BrFO2/c1-15-11(14)7-6-10(13)8-2-4-9(12)5-3-8/h2-7,10H,1H3/b7-6+/i13-1. The summed E-state index contributed by atoms with van der Waals surface area (Å²) >= 11 is 3.25. The van der Waals surface area contributed by atoms with Crippen LogP contribution in [0.1, 0.15) is 11.7 Å². The van der Waals surface area contributed by atoms with Crippen molar-refractivity contribution in [2.24, 2.45) is 0 Å². The van der Waals surface area contributed by atoms with E-state index in [0.717, 1.165) is 16.6 Å². The number of ether oxygens (including phenoxy) is 1. The molecular formula is C11H10BrFO2. The quantitative estimate of drug-likeness (QED) is 0.624. The van der Waals surface area contributed by atoms with E-state index in [1.165, 1.54) is 7.11 Å². The van der Waals surface area contributed by atoms with E-state index in [2.05, 4.69) is 20.7 Å². The molecule has 0 radical (unpaired) electrons. The maximum absolute atomic E-state index is 13.5. The lowest BCUT2D eigenvalue weighted by Gasteiger charge is -2.02. The van der Waals surface area contributed by atoms with Crippen molar-refractivity contribution < 1.29 is 13.9 Å². The van der Waals surface area contributed by atoms with Gasteiger partial charge in [0.25, 0.3) is 0 Å². The lowest BCUT2D eigenvalue weighted by atomic mass is 10.1. The van der Waals surface area contributed by atoms with Crippen LogP contribution in [0.15, 0.2) is 40.9 Å². The Balaban J connectivity index is 2.68. The van der Waals surface area contributed by atoms with E-state index >= 15 is 0 Å². The van der Waals surface area contributed by atoms with Crippen molar-refractivity contribution in [1.82, 2.24) is 0 Å². The Kier molecular flexibility index (Phi) is 4.49. The van der Waals surface area contributed by atoms with Gasteiger partial charge in [0.1, 0.15) is 6.17 Å². The molecule has 0 saturated heterocycles. The van der Waals surface area contributed by atoms with Gasteiger partial charge in [0.05, 0.1) is 7.11 Å². The summed E-state index contributed by atoms with van der Waals surface area (Å²) in [6, 6.07) is 6.79. The second-order valence-electron chi connectivity index (χ2n) is 2.84. The van der Waals surface area contributed by atoms with Gasteiger partial charge in [-0.3, -0.25) is 0 Å². The van der Waals surface area contributed by atoms with Gasteiger partial charge in [-0.25, -0.2) is 9.18 Å². The zero-order valence-corrected chi connectivity index (χ0v) is 9.70. The predicted octanol–water partition coefficient (Wildman–Crippen LogP) is 3.19. The molecule has 1 aromatic carbocycles. The molecule has 0 heterocycles. The smallest absolute Gasteiger partial charge is 0.330 e. The summed E-state index contributed by atoms with van der Waals surface area (Å²) in [6.07, 6.45) is 0.944. The molecule has 4 heteroatoms. The maximum Gasteiger partial charge on any atom is 0.330 e. The molecule has 2 nitrogen and oxygen atoms in total. The van der Waals surface area contributed by atoms with E-state index in [4.69, 9.17) is 0 Å². The Morgan fingerprint density at radius 1 is 1.47 bits per heavy atom. The van der Waals surface area contributed by atoms with E-state index < -0.39 is 12.1 Å². The normalized spacial score (nSPS) is 12.7. The van der Waals surface area contributed by atoms with Crippen LogP contribution >= 0.6 is 15.9 Å². The highest BCUT2D eigenvalue weighted by molar-refractivity contribution is 9.10. The molecular weight excluding hydrogens is 262 g/mol. The van der Waals surface area contributed by atoms with Crippen molar-refractivity contribution in [1.29, 1.82) is 0 Å². The van der Waals surface area contributed by atoms with Crippen LogP contribution in [-0.4, -0.2) is 13.1 Å². The van der Waals surface area contributed by atoms with Crippen LogP contribution in [0.4, 0.5) is 4.39 Å². The van der Waals surface area contributed by atoms with Crippen LogP contribution in [0.25, 0.3) is 0 Å². The molecule has 15 heavy (non-hydrogen) atoms. The molecule has 0 bridgehead atoms. The number of hydrogen-bond donors (Lipinski definition) is 0. The fourth-order valence-electron chi connectivity index (χ4n) is 0.989. The second kappa shape index (κ2) is 5.66. The van der Waals surface area contributed by atoms with Gasteiger partial charge in [-0.1, -0.05) is 28.1 Å². The summed E-state index contributed by atoms with van der Waals surface area (Å²) in [7, 11) is 1.25. The Labute approximate surface area is 95.9 Å². The first kappa shape index (κ1) is 11.9. The van der Waals surface area contributed by atoms with Crippen LogP contribution in [0.2, 0.25) is 0 Å². The van der Waals surface area contributed by atoms with E-state index in [1.807, 2.05) is 0 Å². The number of halogens is 2. The topological polar surface area (TPSA) is 26.3 Å². The van der Waals surface area contributed by atoms with Crippen molar-refractivity contribution in [3.8, 4) is 0 Å². The zero-order chi connectivity index (χ0) is 11.3. The third-order valence-corrected chi connectivity index (χ3v) is 2.32. The highest BCUT2D eigenvalue weighted by Gasteiger charge is 2.05. The minimum atomic E-state index is -1.29. The Hall–Kier alpha value is -1.16. The second-order valence-corrected chi connectivity index (χ2v) is 3.75. The molecule has 0 aromatic heterocycles. The molecule has 0 fully saturated rings. The number of rotatable bonds is 3. The van der Waals surface area contributed by atoms with Crippen molar-refractivity contribution in [3.63, 3.8) is 0 Å². The highest BCUT2D eigenvalue weighted by atomic mass is 79.9. The van der Waals surface area contributed by atoms with Crippen LogP contribution in [0, 0.1) is 0 Å². The van der Waals surface area contributed by atoms with Crippen LogP contribution in [0.5, 0.6) is 0 Å². The maximum atomic E-state index is 13.5. The average molecular weight is 272 g/mol. The summed E-state index contributed by atoms with van der Waals surface area (Å²) < 4.78 is 18.7. The number of methoxy groups -OCH3 is 1. The molecule has 0 amide bonds. The minimum Gasteiger partial charge on any atom is -0.466 e. The zero-order valence-electron chi connectivity index (χ0n) is 8.11. The first-order valence-electron chi connectivity index (χ1n) is 4.29. The molecule has 0 spiro atoms. The lowest BCUT2D eigenvalue weighted by Crippen LogP contribution is -1.95. The fourth-order valence-corrected chi connectivity index (χ4v) is 1.25. The Morgan fingerprint density at radius 3 is 2.60 bits per heavy atom. The number of esters is 1. The lowest BCUT2D eigenvalue weighted by molar-refractivity contribution is -0.134. The molecule has 0 aliphatic heterocycles. The van der Waals surface area contributed by atoms with Crippen LogP contribution in [0.3, 0.4) is 0 Å². The number of allylic oxidation sites excluding steroid dienone is 1. The first-order chi connectivity index (χ1) is 7.13. The first-order valence-corrected chi connectivity index (χ1v) is 5.08. The molecule has 0 aliphatic rings.